The van der Waals surface area contributed by atoms with Crippen LogP contribution >= 0.6 is 0 Å². The van der Waals surface area contributed by atoms with Gasteiger partial charge in [0.1, 0.15) is 0 Å². The third kappa shape index (κ3) is 2.63. The van der Waals surface area contributed by atoms with Gasteiger partial charge in [-0.15, -0.1) is 0 Å². The second kappa shape index (κ2) is 4.40. The fourth-order valence-electron chi connectivity index (χ4n) is 2.04. The average molecular weight is 211 g/mol. The van der Waals surface area contributed by atoms with Crippen LogP contribution in [0.15, 0.2) is 42.5 Å². The van der Waals surface area contributed by atoms with Gasteiger partial charge in [-0.3, -0.25) is 0 Å². The Morgan fingerprint density at radius 3 is 1.94 bits per heavy atom. The molecule has 1 heteroatoms. The molecule has 2 N–H and O–H groups in total. The van der Waals surface area contributed by atoms with E-state index in [9.17, 15) is 0 Å². The van der Waals surface area contributed by atoms with E-state index in [0.717, 1.165) is 12.1 Å². The summed E-state index contributed by atoms with van der Waals surface area (Å²) in [7, 11) is 0. The first-order valence-electron chi connectivity index (χ1n) is 5.55. The monoisotopic (exact) mass is 211 g/mol. The maximum Gasteiger partial charge on any atom is 0.0314 e. The van der Waals surface area contributed by atoms with Crippen LogP contribution < -0.4 is 5.73 Å². The van der Waals surface area contributed by atoms with Gasteiger partial charge in [-0.1, -0.05) is 41.5 Å². The highest BCUT2D eigenvalue weighted by atomic mass is 14.5. The third-order valence-electron chi connectivity index (χ3n) is 2.67. The van der Waals surface area contributed by atoms with Gasteiger partial charge in [0.25, 0.3) is 0 Å². The van der Waals surface area contributed by atoms with Crippen LogP contribution in [0.2, 0.25) is 0 Å². The number of aryl methyl sites for hydroxylation is 2. The lowest BCUT2D eigenvalue weighted by atomic mass is 10.0. The van der Waals surface area contributed by atoms with Crippen LogP contribution in [-0.2, 0) is 6.42 Å². The Balaban J connectivity index is 2.23. The highest BCUT2D eigenvalue weighted by Crippen LogP contribution is 2.14. The van der Waals surface area contributed by atoms with Gasteiger partial charge in [-0.2, -0.15) is 0 Å². The standard InChI is InChI=1S/C15H17N/c1-11-7-12(2)9-14(8-11)10-13-3-5-15(16)6-4-13/h3-9H,10,16H2,1-2H3. The van der Waals surface area contributed by atoms with Crippen LogP contribution in [0.4, 0.5) is 5.69 Å². The number of hydrogen-bond donors (Lipinski definition) is 1. The number of anilines is 1. The molecule has 0 heterocycles. The summed E-state index contributed by atoms with van der Waals surface area (Å²) in [5.41, 5.74) is 11.8. The van der Waals surface area contributed by atoms with E-state index < -0.39 is 0 Å². The van der Waals surface area contributed by atoms with Crippen molar-refractivity contribution in [2.24, 2.45) is 0 Å². The molecule has 0 spiro atoms. The molecule has 0 aromatic heterocycles. The topological polar surface area (TPSA) is 26.0 Å². The Labute approximate surface area is 96.9 Å². The number of nitrogens with two attached hydrogens (primary N) is 1. The van der Waals surface area contributed by atoms with Crippen LogP contribution in [0.25, 0.3) is 0 Å². The van der Waals surface area contributed by atoms with Crippen LogP contribution in [0, 0.1) is 13.8 Å². The second-order valence-electron chi connectivity index (χ2n) is 4.41. The molecule has 0 radical (unpaired) electrons. The van der Waals surface area contributed by atoms with Crippen molar-refractivity contribution in [3.8, 4) is 0 Å². The van der Waals surface area contributed by atoms with Crippen molar-refractivity contribution >= 4 is 5.69 Å². The van der Waals surface area contributed by atoms with Crippen molar-refractivity contribution in [1.29, 1.82) is 0 Å². The minimum Gasteiger partial charge on any atom is -0.399 e. The van der Waals surface area contributed by atoms with E-state index in [1.54, 1.807) is 0 Å². The molecule has 82 valence electrons. The van der Waals surface area contributed by atoms with Crippen molar-refractivity contribution in [2.45, 2.75) is 20.3 Å². The normalized spacial score (nSPS) is 10.4. The molecule has 0 fully saturated rings. The molecule has 0 unspecified atom stereocenters. The summed E-state index contributed by atoms with van der Waals surface area (Å²) in [6, 6.07) is 14.8. The van der Waals surface area contributed by atoms with Gasteiger partial charge in [-0.25, -0.2) is 0 Å². The van der Waals surface area contributed by atoms with Gasteiger partial charge < -0.3 is 5.73 Å². The Bertz CT molecular complexity index is 463. The van der Waals surface area contributed by atoms with Crippen LogP contribution in [0.3, 0.4) is 0 Å². The largest absolute Gasteiger partial charge is 0.399 e. The molecule has 0 saturated carbocycles. The van der Waals surface area contributed by atoms with E-state index in [1.807, 2.05) is 12.1 Å². The number of rotatable bonds is 2. The molecule has 0 bridgehead atoms. The van der Waals surface area contributed by atoms with Gasteiger partial charge in [0, 0.05) is 5.69 Å². The average Bonchev–Trinajstić information content (AvgIpc) is 2.20. The SMILES string of the molecule is Cc1cc(C)cc(Cc2ccc(N)cc2)c1. The molecular weight excluding hydrogens is 194 g/mol. The van der Waals surface area contributed by atoms with Crippen LogP contribution in [0.1, 0.15) is 22.3 Å². The van der Waals surface area contributed by atoms with Gasteiger partial charge in [0.05, 0.1) is 0 Å². The molecule has 2 rings (SSSR count). The molecule has 0 amide bonds. The molecule has 0 aliphatic carbocycles. The molecule has 0 aliphatic heterocycles. The lowest BCUT2D eigenvalue weighted by Crippen LogP contribution is -1.91. The fourth-order valence-corrected chi connectivity index (χ4v) is 2.04. The van der Waals surface area contributed by atoms with E-state index in [4.69, 9.17) is 5.73 Å². The molecule has 2 aromatic rings. The van der Waals surface area contributed by atoms with Crippen LogP contribution in [-0.4, -0.2) is 0 Å². The zero-order valence-electron chi connectivity index (χ0n) is 9.83. The highest BCUT2D eigenvalue weighted by molar-refractivity contribution is 5.41. The van der Waals surface area contributed by atoms with E-state index >= 15 is 0 Å². The summed E-state index contributed by atoms with van der Waals surface area (Å²) in [6.07, 6.45) is 0.975. The molecule has 1 nitrogen and oxygen atoms in total. The van der Waals surface area contributed by atoms with Crippen LogP contribution in [0.5, 0.6) is 0 Å². The first-order chi connectivity index (χ1) is 7.63. The van der Waals surface area contributed by atoms with Crippen molar-refractivity contribution in [2.75, 3.05) is 5.73 Å². The zero-order chi connectivity index (χ0) is 11.5. The number of benzene rings is 2. The van der Waals surface area contributed by atoms with E-state index in [0.29, 0.717) is 0 Å². The molecule has 0 saturated heterocycles. The predicted molar refractivity (Wildman–Crippen MR) is 69.6 cm³/mol. The summed E-state index contributed by atoms with van der Waals surface area (Å²) in [4.78, 5) is 0. The number of hydrogen-bond acceptors (Lipinski definition) is 1. The van der Waals surface area contributed by atoms with E-state index in [1.165, 1.54) is 22.3 Å². The minimum atomic E-state index is 0.823. The van der Waals surface area contributed by atoms with E-state index in [2.05, 4.69) is 44.2 Å². The minimum absolute atomic E-state index is 0.823. The van der Waals surface area contributed by atoms with Crippen molar-refractivity contribution in [3.05, 3.63) is 64.7 Å². The first kappa shape index (κ1) is 10.7. The predicted octanol–water partition coefficient (Wildman–Crippen LogP) is 3.48. The zero-order valence-corrected chi connectivity index (χ0v) is 9.83. The summed E-state index contributed by atoms with van der Waals surface area (Å²) in [6.45, 7) is 4.28. The lowest BCUT2D eigenvalue weighted by molar-refractivity contribution is 1.17. The maximum absolute atomic E-state index is 5.67. The molecule has 16 heavy (non-hydrogen) atoms. The number of nitrogen functional groups attached to an aromatic ring is 1. The maximum atomic E-state index is 5.67. The Kier molecular flexibility index (Phi) is 2.95. The third-order valence-corrected chi connectivity index (χ3v) is 2.67. The van der Waals surface area contributed by atoms with Crippen molar-refractivity contribution in [1.82, 2.24) is 0 Å². The highest BCUT2D eigenvalue weighted by Gasteiger charge is 1.98. The van der Waals surface area contributed by atoms with Crippen molar-refractivity contribution < 1.29 is 0 Å². The van der Waals surface area contributed by atoms with Gasteiger partial charge in [0.2, 0.25) is 0 Å². The van der Waals surface area contributed by atoms with Gasteiger partial charge >= 0.3 is 0 Å². The van der Waals surface area contributed by atoms with Gasteiger partial charge in [-0.05, 0) is 43.5 Å². The molecule has 2 aromatic carbocycles. The van der Waals surface area contributed by atoms with Gasteiger partial charge in [0.15, 0.2) is 0 Å². The summed E-state index contributed by atoms with van der Waals surface area (Å²) in [5, 5.41) is 0. The molecule has 0 aliphatic rings. The molecule has 0 atom stereocenters. The fraction of sp³-hybridized carbons (Fsp3) is 0.200. The Morgan fingerprint density at radius 1 is 0.812 bits per heavy atom. The van der Waals surface area contributed by atoms with E-state index in [-0.39, 0.29) is 0 Å². The summed E-state index contributed by atoms with van der Waals surface area (Å²) < 4.78 is 0. The quantitative estimate of drug-likeness (QED) is 0.756. The molecular formula is C15H17N. The second-order valence-corrected chi connectivity index (χ2v) is 4.41. The lowest BCUT2D eigenvalue weighted by Gasteiger charge is -2.05. The summed E-state index contributed by atoms with van der Waals surface area (Å²) >= 11 is 0. The smallest absolute Gasteiger partial charge is 0.0314 e. The Hall–Kier alpha value is -1.76. The Morgan fingerprint density at radius 2 is 1.38 bits per heavy atom. The summed E-state index contributed by atoms with van der Waals surface area (Å²) in [5.74, 6) is 0. The van der Waals surface area contributed by atoms with Crippen molar-refractivity contribution in [3.63, 3.8) is 0 Å². The first-order valence-corrected chi connectivity index (χ1v) is 5.55.